The van der Waals surface area contributed by atoms with Crippen LogP contribution in [0, 0.1) is 5.82 Å². The number of methoxy groups -OCH3 is 1. The van der Waals surface area contributed by atoms with Gasteiger partial charge < -0.3 is 30.9 Å². The fraction of sp³-hybridized carbons (Fsp3) is 0.429. The van der Waals surface area contributed by atoms with E-state index in [-0.39, 0.29) is 35.4 Å². The maximum Gasteiger partial charge on any atom is 0.232 e. The van der Waals surface area contributed by atoms with E-state index in [1.807, 2.05) is 25.2 Å². The molecule has 0 saturated carbocycles. The summed E-state index contributed by atoms with van der Waals surface area (Å²) in [5, 5.41) is 13.3. The number of nitrogens with one attached hydrogen (secondary N) is 4. The molecule has 0 spiro atoms. The number of anilines is 6. The van der Waals surface area contributed by atoms with Crippen LogP contribution in [0.2, 0.25) is 5.02 Å². The number of nitrogens with zero attached hydrogens (tertiary/aromatic N) is 4. The van der Waals surface area contributed by atoms with Gasteiger partial charge in [0, 0.05) is 56.1 Å². The van der Waals surface area contributed by atoms with Gasteiger partial charge in [-0.05, 0) is 50.6 Å². The first kappa shape index (κ1) is 30.1. The van der Waals surface area contributed by atoms with Crippen molar-refractivity contribution in [2.45, 2.75) is 25.3 Å². The molecule has 14 heteroatoms. The fourth-order valence-electron chi connectivity index (χ4n) is 5.38. The SMILES string of the molecule is CNCCNC1CCN(c2ccc(Nc3ncc(Cl)c(Nc4ccc(F)c5c4N(S(C)(=O)=O)CC5)n3)c(OC)c2)CC1. The standard InChI is InChI=1S/C28H36ClFN8O3S/c1-31-11-12-32-18-8-13-37(14-9-18)19-4-6-23(25(16-19)41-2)35-28-33-17-21(29)27(36-28)34-24-7-5-22(30)20-10-15-38(26(20)24)42(3,39)40/h4-7,16-18,31-32H,8-15H2,1-3H3,(H2,33,34,35,36). The maximum absolute atomic E-state index is 14.5. The molecule has 1 aromatic heterocycles. The lowest BCUT2D eigenvalue weighted by Crippen LogP contribution is -2.44. The number of hydrogen-bond donors (Lipinski definition) is 4. The molecule has 42 heavy (non-hydrogen) atoms. The Morgan fingerprint density at radius 2 is 1.86 bits per heavy atom. The minimum Gasteiger partial charge on any atom is -0.494 e. The van der Waals surface area contributed by atoms with Gasteiger partial charge in [0.15, 0.2) is 5.82 Å². The van der Waals surface area contributed by atoms with Gasteiger partial charge in [0.2, 0.25) is 16.0 Å². The molecule has 2 aromatic carbocycles. The van der Waals surface area contributed by atoms with Crippen molar-refractivity contribution in [1.29, 1.82) is 0 Å². The smallest absolute Gasteiger partial charge is 0.232 e. The second kappa shape index (κ2) is 12.9. The molecular formula is C28H36ClFN8O3S. The highest BCUT2D eigenvalue weighted by Gasteiger charge is 2.31. The average Bonchev–Trinajstić information content (AvgIpc) is 3.44. The molecular weight excluding hydrogens is 583 g/mol. The summed E-state index contributed by atoms with van der Waals surface area (Å²) in [6.45, 7) is 3.98. The van der Waals surface area contributed by atoms with Crippen molar-refractivity contribution >= 4 is 56.1 Å². The van der Waals surface area contributed by atoms with E-state index in [0.29, 0.717) is 28.7 Å². The second-order valence-corrected chi connectivity index (χ2v) is 12.7. The third-order valence-corrected chi connectivity index (χ3v) is 8.98. The van der Waals surface area contributed by atoms with Crippen LogP contribution >= 0.6 is 11.6 Å². The van der Waals surface area contributed by atoms with Crippen molar-refractivity contribution < 1.29 is 17.5 Å². The first-order chi connectivity index (χ1) is 20.2. The molecule has 3 aromatic rings. The predicted molar refractivity (Wildman–Crippen MR) is 166 cm³/mol. The van der Waals surface area contributed by atoms with Crippen LogP contribution in [0.3, 0.4) is 0 Å². The zero-order valence-corrected chi connectivity index (χ0v) is 25.4. The molecule has 0 radical (unpaired) electrons. The van der Waals surface area contributed by atoms with Crippen molar-refractivity contribution in [2.24, 2.45) is 0 Å². The first-order valence-electron chi connectivity index (χ1n) is 13.8. The molecule has 4 N–H and O–H groups in total. The summed E-state index contributed by atoms with van der Waals surface area (Å²) in [4.78, 5) is 11.2. The zero-order chi connectivity index (χ0) is 29.9. The largest absolute Gasteiger partial charge is 0.494 e. The van der Waals surface area contributed by atoms with Crippen molar-refractivity contribution in [3.63, 3.8) is 0 Å². The van der Waals surface area contributed by atoms with Crippen LogP contribution in [0.1, 0.15) is 18.4 Å². The van der Waals surface area contributed by atoms with E-state index in [0.717, 1.165) is 51.0 Å². The summed E-state index contributed by atoms with van der Waals surface area (Å²) in [7, 11) is -0.0381. The minimum absolute atomic E-state index is 0.162. The topological polar surface area (TPSA) is 124 Å². The molecule has 1 saturated heterocycles. The van der Waals surface area contributed by atoms with Crippen molar-refractivity contribution in [3.8, 4) is 5.75 Å². The van der Waals surface area contributed by atoms with Gasteiger partial charge in [-0.15, -0.1) is 0 Å². The molecule has 226 valence electrons. The summed E-state index contributed by atoms with van der Waals surface area (Å²) in [6.07, 6.45) is 4.95. The number of aromatic nitrogens is 2. The highest BCUT2D eigenvalue weighted by atomic mass is 35.5. The van der Waals surface area contributed by atoms with Crippen LogP contribution < -0.4 is 35.2 Å². The maximum atomic E-state index is 14.5. The molecule has 0 bridgehead atoms. The summed E-state index contributed by atoms with van der Waals surface area (Å²) < 4.78 is 46.2. The third kappa shape index (κ3) is 6.64. The minimum atomic E-state index is -3.61. The first-order valence-corrected chi connectivity index (χ1v) is 16.1. The van der Waals surface area contributed by atoms with E-state index in [1.54, 1.807) is 7.11 Å². The highest BCUT2D eigenvalue weighted by molar-refractivity contribution is 7.92. The number of fused-ring (bicyclic) bond motifs is 1. The van der Waals surface area contributed by atoms with E-state index in [9.17, 15) is 12.8 Å². The molecule has 0 aliphatic carbocycles. The Hall–Kier alpha value is -3.39. The van der Waals surface area contributed by atoms with Crippen molar-refractivity contribution in [1.82, 2.24) is 20.6 Å². The zero-order valence-electron chi connectivity index (χ0n) is 23.9. The Bertz CT molecular complexity index is 1540. The van der Waals surface area contributed by atoms with Gasteiger partial charge in [-0.25, -0.2) is 17.8 Å². The number of hydrogen-bond acceptors (Lipinski definition) is 10. The summed E-state index contributed by atoms with van der Waals surface area (Å²) in [6, 6.07) is 9.26. The second-order valence-electron chi connectivity index (χ2n) is 10.4. The van der Waals surface area contributed by atoms with Crippen molar-refractivity contribution in [2.75, 3.05) is 73.0 Å². The molecule has 11 nitrogen and oxygen atoms in total. The lowest BCUT2D eigenvalue weighted by atomic mass is 10.0. The lowest BCUT2D eigenvalue weighted by molar-refractivity contribution is 0.410. The van der Waals surface area contributed by atoms with Crippen LogP contribution in [0.5, 0.6) is 5.75 Å². The van der Waals surface area contributed by atoms with Gasteiger partial charge in [-0.3, -0.25) is 4.31 Å². The number of ether oxygens (including phenoxy) is 1. The van der Waals surface area contributed by atoms with Crippen LogP contribution in [-0.4, -0.2) is 77.6 Å². The highest BCUT2D eigenvalue weighted by Crippen LogP contribution is 2.41. The lowest BCUT2D eigenvalue weighted by Gasteiger charge is -2.34. The number of sulfonamides is 1. The average molecular weight is 619 g/mol. The Labute approximate surface area is 250 Å². The van der Waals surface area contributed by atoms with Gasteiger partial charge >= 0.3 is 0 Å². The van der Waals surface area contributed by atoms with Crippen molar-refractivity contribution in [3.05, 3.63) is 52.9 Å². The number of likely N-dealkylation sites (N-methyl/N-ethyl adjacent to an activating group) is 1. The fourth-order valence-corrected chi connectivity index (χ4v) is 6.48. The Morgan fingerprint density at radius 3 is 2.57 bits per heavy atom. The van der Waals surface area contributed by atoms with E-state index in [2.05, 4.69) is 36.1 Å². The van der Waals surface area contributed by atoms with Crippen LogP contribution in [0.15, 0.2) is 36.5 Å². The normalized spacial score (nSPS) is 15.5. The molecule has 5 rings (SSSR count). The quantitative estimate of drug-likeness (QED) is 0.236. The predicted octanol–water partition coefficient (Wildman–Crippen LogP) is 3.86. The summed E-state index contributed by atoms with van der Waals surface area (Å²) in [5.41, 5.74) is 2.71. The van der Waals surface area contributed by atoms with Gasteiger partial charge in [-0.2, -0.15) is 4.98 Å². The molecule has 0 atom stereocenters. The van der Waals surface area contributed by atoms with Gasteiger partial charge in [0.1, 0.15) is 16.6 Å². The number of rotatable bonds is 11. The molecule has 2 aliphatic heterocycles. The molecule has 3 heterocycles. The number of halogens is 2. The monoisotopic (exact) mass is 618 g/mol. The third-order valence-electron chi connectivity index (χ3n) is 7.54. The number of benzene rings is 2. The van der Waals surface area contributed by atoms with E-state index >= 15 is 0 Å². The van der Waals surface area contributed by atoms with E-state index in [1.165, 1.54) is 22.6 Å². The van der Waals surface area contributed by atoms with Gasteiger partial charge in [-0.1, -0.05) is 11.6 Å². The summed E-state index contributed by atoms with van der Waals surface area (Å²) in [5.74, 6) is 0.666. The Kier molecular flexibility index (Phi) is 9.21. The van der Waals surface area contributed by atoms with Crippen LogP contribution in [-0.2, 0) is 16.4 Å². The van der Waals surface area contributed by atoms with E-state index in [4.69, 9.17) is 16.3 Å². The Morgan fingerprint density at radius 1 is 1.10 bits per heavy atom. The number of piperidine rings is 1. The van der Waals surface area contributed by atoms with E-state index < -0.39 is 15.8 Å². The molecule has 2 aliphatic rings. The van der Waals surface area contributed by atoms with Gasteiger partial charge in [0.25, 0.3) is 0 Å². The van der Waals surface area contributed by atoms with Gasteiger partial charge in [0.05, 0.1) is 36.6 Å². The molecule has 1 fully saturated rings. The van der Waals surface area contributed by atoms with Crippen LogP contribution in [0.25, 0.3) is 0 Å². The Balaban J connectivity index is 1.32. The molecule has 0 amide bonds. The molecule has 0 unspecified atom stereocenters. The summed E-state index contributed by atoms with van der Waals surface area (Å²) >= 11 is 6.41. The van der Waals surface area contributed by atoms with Crippen LogP contribution in [0.4, 0.5) is 38.9 Å².